The van der Waals surface area contributed by atoms with Gasteiger partial charge in [0.2, 0.25) is 0 Å². The third-order valence-electron chi connectivity index (χ3n) is 3.29. The van der Waals surface area contributed by atoms with Crippen LogP contribution < -0.4 is 10.6 Å². The predicted molar refractivity (Wildman–Crippen MR) is 66.5 cm³/mol. The van der Waals surface area contributed by atoms with Gasteiger partial charge in [0.1, 0.15) is 0 Å². The molecule has 2 heterocycles. The van der Waals surface area contributed by atoms with Crippen LogP contribution in [0, 0.1) is 5.92 Å². The Morgan fingerprint density at radius 2 is 2.44 bits per heavy atom. The van der Waals surface area contributed by atoms with Crippen molar-refractivity contribution in [3.63, 3.8) is 0 Å². The van der Waals surface area contributed by atoms with E-state index >= 15 is 0 Å². The Bertz CT molecular complexity index is 449. The summed E-state index contributed by atoms with van der Waals surface area (Å²) in [5.41, 5.74) is 6.17. The van der Waals surface area contributed by atoms with Gasteiger partial charge in [-0.05, 0) is 19.4 Å². The monoisotopic (exact) mass is 251 g/mol. The number of amidine groups is 1. The normalized spacial score (nSPS) is 22.2. The van der Waals surface area contributed by atoms with Crippen LogP contribution >= 0.6 is 0 Å². The fourth-order valence-electron chi connectivity index (χ4n) is 2.19. The molecule has 0 radical (unpaired) electrons. The maximum atomic E-state index is 9.59. The van der Waals surface area contributed by atoms with Crippen LogP contribution in [0.5, 0.6) is 0 Å². The predicted octanol–water partition coefficient (Wildman–Crippen LogP) is -0.222. The molecule has 18 heavy (non-hydrogen) atoms. The van der Waals surface area contributed by atoms with Crippen molar-refractivity contribution in [3.05, 3.63) is 17.8 Å². The van der Waals surface area contributed by atoms with E-state index in [1.54, 1.807) is 13.0 Å². The third kappa shape index (κ3) is 2.35. The molecule has 2 rings (SSSR count). The Labute approximate surface area is 105 Å². The highest BCUT2D eigenvalue weighted by Gasteiger charge is 2.28. The average Bonchev–Trinajstić information content (AvgIpc) is 2.87. The maximum absolute atomic E-state index is 9.59. The van der Waals surface area contributed by atoms with E-state index in [0.717, 1.165) is 13.0 Å². The molecule has 4 N–H and O–H groups in total. The number of aliphatic hydroxyl groups excluding tert-OH is 1. The number of oxime groups is 1. The molecule has 0 bridgehead atoms. The molecule has 2 atom stereocenters. The summed E-state index contributed by atoms with van der Waals surface area (Å²) >= 11 is 0. The number of rotatable bonds is 3. The van der Waals surface area contributed by atoms with Gasteiger partial charge in [-0.1, -0.05) is 5.16 Å². The molecule has 2 unspecified atom stereocenters. The van der Waals surface area contributed by atoms with E-state index in [-0.39, 0.29) is 17.9 Å². The molecule has 1 fully saturated rings. The highest BCUT2D eigenvalue weighted by molar-refractivity contribution is 6.01. The van der Waals surface area contributed by atoms with Crippen LogP contribution in [-0.4, -0.2) is 45.5 Å². The van der Waals surface area contributed by atoms with Gasteiger partial charge >= 0.3 is 0 Å². The van der Waals surface area contributed by atoms with Crippen molar-refractivity contribution in [1.29, 1.82) is 0 Å². The number of nitrogens with two attached hydrogens (primary N) is 1. The molecule has 0 saturated carbocycles. The van der Waals surface area contributed by atoms with Crippen molar-refractivity contribution >= 4 is 11.7 Å². The smallest absolute Gasteiger partial charge is 0.173 e. The lowest BCUT2D eigenvalue weighted by atomic mass is 10.0. The average molecular weight is 251 g/mol. The molecular formula is C11H17N5O2. The zero-order chi connectivity index (χ0) is 13.1. The van der Waals surface area contributed by atoms with E-state index in [1.165, 1.54) is 6.20 Å². The van der Waals surface area contributed by atoms with Gasteiger partial charge in [-0.25, -0.2) is 0 Å². The Hall–Kier alpha value is -1.89. The summed E-state index contributed by atoms with van der Waals surface area (Å²) in [7, 11) is 0. The maximum Gasteiger partial charge on any atom is 0.173 e. The van der Waals surface area contributed by atoms with Crippen molar-refractivity contribution in [3.8, 4) is 0 Å². The molecule has 7 heteroatoms. The van der Waals surface area contributed by atoms with Crippen LogP contribution in [0.15, 0.2) is 17.4 Å². The summed E-state index contributed by atoms with van der Waals surface area (Å²) in [5.74, 6) is 0.823. The molecule has 1 aromatic heterocycles. The number of hydrogen-bond acceptors (Lipinski definition) is 6. The molecular weight excluding hydrogens is 234 g/mol. The molecule has 0 spiro atoms. The zero-order valence-corrected chi connectivity index (χ0v) is 10.2. The van der Waals surface area contributed by atoms with Crippen LogP contribution in [-0.2, 0) is 0 Å². The van der Waals surface area contributed by atoms with Crippen LogP contribution in [0.25, 0.3) is 0 Å². The molecule has 0 amide bonds. The van der Waals surface area contributed by atoms with Crippen molar-refractivity contribution in [1.82, 2.24) is 10.2 Å². The summed E-state index contributed by atoms with van der Waals surface area (Å²) < 4.78 is 0. The molecule has 1 aromatic rings. The molecule has 7 nitrogen and oxygen atoms in total. The number of aromatic nitrogens is 2. The first-order chi connectivity index (χ1) is 8.63. The van der Waals surface area contributed by atoms with Crippen LogP contribution in [0.4, 0.5) is 5.82 Å². The lowest BCUT2D eigenvalue weighted by Crippen LogP contribution is -2.28. The molecule has 1 aliphatic rings. The van der Waals surface area contributed by atoms with Gasteiger partial charge in [0.25, 0.3) is 0 Å². The lowest BCUT2D eigenvalue weighted by Gasteiger charge is -2.20. The van der Waals surface area contributed by atoms with Gasteiger partial charge in [-0.2, -0.15) is 5.10 Å². The first-order valence-electron chi connectivity index (χ1n) is 5.86. The van der Waals surface area contributed by atoms with Gasteiger partial charge in [0.15, 0.2) is 11.7 Å². The summed E-state index contributed by atoms with van der Waals surface area (Å²) in [6, 6.07) is 1.66. The minimum absolute atomic E-state index is 0.0143. The molecule has 0 aliphatic carbocycles. The van der Waals surface area contributed by atoms with Gasteiger partial charge in [-0.15, -0.1) is 5.10 Å². The molecule has 98 valence electrons. The fraction of sp³-hybridized carbons (Fsp3) is 0.545. The third-order valence-corrected chi connectivity index (χ3v) is 3.29. The first kappa shape index (κ1) is 12.6. The lowest BCUT2D eigenvalue weighted by molar-refractivity contribution is 0.136. The minimum Gasteiger partial charge on any atom is -0.409 e. The number of hydrogen-bond donors (Lipinski definition) is 3. The van der Waals surface area contributed by atoms with Gasteiger partial charge in [-0.3, -0.25) is 0 Å². The summed E-state index contributed by atoms with van der Waals surface area (Å²) in [4.78, 5) is 2.00. The Balaban J connectivity index is 2.25. The molecule has 0 aromatic carbocycles. The van der Waals surface area contributed by atoms with Crippen LogP contribution in [0.3, 0.4) is 0 Å². The summed E-state index contributed by atoms with van der Waals surface area (Å²) in [6.07, 6.45) is 2.04. The number of nitrogens with zero attached hydrogens (tertiary/aromatic N) is 4. The van der Waals surface area contributed by atoms with Gasteiger partial charge in [0.05, 0.1) is 17.9 Å². The molecule has 1 saturated heterocycles. The number of anilines is 1. The van der Waals surface area contributed by atoms with E-state index in [1.807, 2.05) is 4.90 Å². The Kier molecular flexibility index (Phi) is 3.61. The zero-order valence-electron chi connectivity index (χ0n) is 10.2. The summed E-state index contributed by atoms with van der Waals surface area (Å²) in [6.45, 7) is 3.26. The van der Waals surface area contributed by atoms with Gasteiger partial charge in [0, 0.05) is 19.0 Å². The van der Waals surface area contributed by atoms with Gasteiger partial charge < -0.3 is 20.9 Å². The topological polar surface area (TPSA) is 108 Å². The van der Waals surface area contributed by atoms with E-state index in [9.17, 15) is 5.11 Å². The Morgan fingerprint density at radius 3 is 3.06 bits per heavy atom. The second-order valence-corrected chi connectivity index (χ2v) is 4.49. The van der Waals surface area contributed by atoms with Crippen molar-refractivity contribution < 1.29 is 10.3 Å². The van der Waals surface area contributed by atoms with Crippen LogP contribution in [0.1, 0.15) is 18.9 Å². The first-order valence-corrected chi connectivity index (χ1v) is 5.86. The second-order valence-electron chi connectivity index (χ2n) is 4.49. The highest BCUT2D eigenvalue weighted by Crippen LogP contribution is 2.26. The van der Waals surface area contributed by atoms with E-state index < -0.39 is 0 Å². The fourth-order valence-corrected chi connectivity index (χ4v) is 2.19. The standard InChI is InChI=1S/C11H17N5O2/c1-7(17)8-3-5-16(6-8)11-9(10(12)15-18)2-4-13-14-11/h2,4,7-8,17-18H,3,5-6H2,1H3,(H2,12,15). The second kappa shape index (κ2) is 5.18. The number of aliphatic hydroxyl groups is 1. The van der Waals surface area contributed by atoms with E-state index in [4.69, 9.17) is 10.9 Å². The van der Waals surface area contributed by atoms with Crippen molar-refractivity contribution in [2.24, 2.45) is 16.8 Å². The Morgan fingerprint density at radius 1 is 1.67 bits per heavy atom. The van der Waals surface area contributed by atoms with E-state index in [0.29, 0.717) is 17.9 Å². The van der Waals surface area contributed by atoms with E-state index in [2.05, 4.69) is 15.4 Å². The highest BCUT2D eigenvalue weighted by atomic mass is 16.4. The quantitative estimate of drug-likeness (QED) is 0.296. The largest absolute Gasteiger partial charge is 0.409 e. The summed E-state index contributed by atoms with van der Waals surface area (Å²) in [5, 5.41) is 29.2. The van der Waals surface area contributed by atoms with Crippen LogP contribution in [0.2, 0.25) is 0 Å². The minimum atomic E-state index is -0.348. The van der Waals surface area contributed by atoms with Crippen molar-refractivity contribution in [2.75, 3.05) is 18.0 Å². The van der Waals surface area contributed by atoms with Crippen molar-refractivity contribution in [2.45, 2.75) is 19.4 Å². The molecule has 1 aliphatic heterocycles. The SMILES string of the molecule is CC(O)C1CCN(c2nnccc2/C(N)=N/O)C1.